The molecule has 2 N–H and O–H groups in total. The fourth-order valence-electron chi connectivity index (χ4n) is 3.11. The first-order chi connectivity index (χ1) is 14.2. The van der Waals surface area contributed by atoms with Crippen LogP contribution < -0.4 is 14.8 Å². The molecule has 11 heteroatoms. The Morgan fingerprint density at radius 3 is 2.57 bits per heavy atom. The third kappa shape index (κ3) is 4.90. The number of benzene rings is 1. The normalized spacial score (nSPS) is 15.0. The largest absolute Gasteiger partial charge is 0.490 e. The summed E-state index contributed by atoms with van der Waals surface area (Å²) in [5, 5.41) is 11.8. The van der Waals surface area contributed by atoms with Gasteiger partial charge in [-0.15, -0.1) is 0 Å². The smallest absolute Gasteiger partial charge is 0.407 e. The van der Waals surface area contributed by atoms with Crippen molar-refractivity contribution in [3.63, 3.8) is 0 Å². The lowest BCUT2D eigenvalue weighted by molar-refractivity contribution is 0.0878. The highest BCUT2D eigenvalue weighted by atomic mass is 32.2. The molecule has 9 nitrogen and oxygen atoms in total. The molecule has 0 atom stereocenters. The second-order valence-corrected chi connectivity index (χ2v) is 8.83. The third-order valence-electron chi connectivity index (χ3n) is 4.70. The van der Waals surface area contributed by atoms with Crippen molar-refractivity contribution in [1.29, 1.82) is 0 Å². The number of sulfone groups is 1. The fraction of sp³-hybridized carbons (Fsp3) is 0.368. The zero-order valence-electron chi connectivity index (χ0n) is 16.5. The molecule has 30 heavy (non-hydrogen) atoms. The lowest BCUT2D eigenvalue weighted by atomic mass is 10.1. The minimum Gasteiger partial charge on any atom is -0.490 e. The molecule has 1 fully saturated rings. The highest BCUT2D eigenvalue weighted by Gasteiger charge is 2.25. The van der Waals surface area contributed by atoms with Crippen molar-refractivity contribution in [1.82, 2.24) is 9.88 Å². The first-order valence-electron chi connectivity index (χ1n) is 9.13. The number of methoxy groups -OCH3 is 1. The van der Waals surface area contributed by atoms with Gasteiger partial charge < -0.3 is 24.8 Å². The predicted octanol–water partition coefficient (Wildman–Crippen LogP) is 2.90. The fourth-order valence-corrected chi connectivity index (χ4v) is 3.74. The van der Waals surface area contributed by atoms with Crippen LogP contribution in [0.1, 0.15) is 12.8 Å². The molecule has 0 unspecified atom stereocenters. The monoisotopic (exact) mass is 439 g/mol. The number of amides is 1. The molecule has 162 valence electrons. The minimum absolute atomic E-state index is 0.0279. The molecule has 1 aromatic heterocycles. The molecular formula is C19H22FN3O6S. The zero-order chi connectivity index (χ0) is 21.9. The van der Waals surface area contributed by atoms with E-state index in [4.69, 9.17) is 14.6 Å². The molecule has 0 radical (unpaired) electrons. The number of piperidine rings is 1. The summed E-state index contributed by atoms with van der Waals surface area (Å²) in [5.41, 5.74) is 0.0279. The predicted molar refractivity (Wildman–Crippen MR) is 107 cm³/mol. The first-order valence-corrected chi connectivity index (χ1v) is 11.0. The summed E-state index contributed by atoms with van der Waals surface area (Å²) < 4.78 is 48.9. The van der Waals surface area contributed by atoms with Crippen LogP contribution in [0.4, 0.5) is 20.7 Å². The Labute approximate surface area is 173 Å². The Balaban J connectivity index is 1.78. The van der Waals surface area contributed by atoms with Crippen LogP contribution in [-0.4, -0.2) is 62.1 Å². The van der Waals surface area contributed by atoms with E-state index in [1.54, 1.807) is 6.07 Å². The molecule has 2 aromatic rings. The van der Waals surface area contributed by atoms with Crippen LogP contribution >= 0.6 is 0 Å². The summed E-state index contributed by atoms with van der Waals surface area (Å²) >= 11 is 0. The molecule has 1 aromatic carbocycles. The van der Waals surface area contributed by atoms with Crippen molar-refractivity contribution in [2.75, 3.05) is 31.8 Å². The van der Waals surface area contributed by atoms with Crippen LogP contribution in [0, 0.1) is 5.82 Å². The minimum atomic E-state index is -3.53. The van der Waals surface area contributed by atoms with Gasteiger partial charge in [-0.25, -0.2) is 22.6 Å². The number of carboxylic acid groups (broad SMARTS) is 1. The highest BCUT2D eigenvalue weighted by molar-refractivity contribution is 7.90. The summed E-state index contributed by atoms with van der Waals surface area (Å²) in [6.45, 7) is 0.743. The van der Waals surface area contributed by atoms with Crippen molar-refractivity contribution in [2.24, 2.45) is 0 Å². The maximum atomic E-state index is 14.4. The van der Waals surface area contributed by atoms with Crippen LogP contribution in [0.3, 0.4) is 0 Å². The van der Waals surface area contributed by atoms with Crippen LogP contribution in [0.5, 0.6) is 11.5 Å². The molecule has 2 heterocycles. The number of anilines is 2. The van der Waals surface area contributed by atoms with Gasteiger partial charge in [0.05, 0.1) is 17.7 Å². The number of nitrogens with zero attached hydrogens (tertiary/aromatic N) is 2. The van der Waals surface area contributed by atoms with E-state index >= 15 is 0 Å². The Kier molecular flexibility index (Phi) is 6.30. The van der Waals surface area contributed by atoms with E-state index in [-0.39, 0.29) is 28.3 Å². The summed E-state index contributed by atoms with van der Waals surface area (Å²) in [5.74, 6) is 0.0832. The van der Waals surface area contributed by atoms with E-state index < -0.39 is 21.7 Å². The second-order valence-electron chi connectivity index (χ2n) is 6.82. The van der Waals surface area contributed by atoms with Crippen molar-refractivity contribution < 1.29 is 32.2 Å². The topological polar surface area (TPSA) is 118 Å². The Morgan fingerprint density at radius 2 is 2.00 bits per heavy atom. The number of likely N-dealkylation sites (tertiary alicyclic amines) is 1. The van der Waals surface area contributed by atoms with E-state index in [0.29, 0.717) is 31.7 Å². The van der Waals surface area contributed by atoms with Gasteiger partial charge in [0.2, 0.25) is 5.75 Å². The average Bonchev–Trinajstić information content (AvgIpc) is 2.69. The molecule has 0 aliphatic carbocycles. The molecule has 1 aliphatic rings. The maximum absolute atomic E-state index is 14.4. The van der Waals surface area contributed by atoms with Gasteiger partial charge >= 0.3 is 6.09 Å². The van der Waals surface area contributed by atoms with E-state index in [1.165, 1.54) is 30.3 Å². The molecule has 1 aliphatic heterocycles. The van der Waals surface area contributed by atoms with Crippen molar-refractivity contribution in [3.05, 3.63) is 36.3 Å². The summed E-state index contributed by atoms with van der Waals surface area (Å²) in [6.07, 6.45) is 2.38. The van der Waals surface area contributed by atoms with E-state index in [0.717, 1.165) is 12.3 Å². The highest BCUT2D eigenvalue weighted by Crippen LogP contribution is 2.37. The summed E-state index contributed by atoms with van der Waals surface area (Å²) in [7, 11) is -2.11. The second kappa shape index (κ2) is 8.74. The van der Waals surface area contributed by atoms with Crippen molar-refractivity contribution in [3.8, 4) is 11.5 Å². The van der Waals surface area contributed by atoms with Gasteiger partial charge in [0, 0.05) is 44.5 Å². The number of hydrogen-bond acceptors (Lipinski definition) is 7. The summed E-state index contributed by atoms with van der Waals surface area (Å²) in [4.78, 5) is 16.4. The quantitative estimate of drug-likeness (QED) is 0.705. The Hall–Kier alpha value is -3.08. The van der Waals surface area contributed by atoms with Crippen LogP contribution in [0.15, 0.2) is 35.4 Å². The summed E-state index contributed by atoms with van der Waals surface area (Å²) in [6, 6.07) is 5.14. The average molecular weight is 439 g/mol. The molecule has 0 spiro atoms. The third-order valence-corrected chi connectivity index (χ3v) is 5.81. The number of rotatable bonds is 6. The van der Waals surface area contributed by atoms with Gasteiger partial charge in [-0.3, -0.25) is 0 Å². The van der Waals surface area contributed by atoms with Gasteiger partial charge in [-0.2, -0.15) is 0 Å². The standard InChI is InChI=1S/C19H22FN3O6S/c1-28-17-16(29-12-6-9-23(10-7-12)19(24)25)5-8-21-18(17)22-15-4-3-13(11-14(15)20)30(2,26)27/h3-5,8,11-12H,6-7,9-10H2,1-2H3,(H,21,22)(H,24,25). The first kappa shape index (κ1) is 21.6. The van der Waals surface area contributed by atoms with Gasteiger partial charge in [-0.1, -0.05) is 0 Å². The molecule has 1 saturated heterocycles. The van der Waals surface area contributed by atoms with Gasteiger partial charge in [0.25, 0.3) is 0 Å². The number of ether oxygens (including phenoxy) is 2. The Morgan fingerprint density at radius 1 is 1.30 bits per heavy atom. The lowest BCUT2D eigenvalue weighted by Gasteiger charge is -2.30. The lowest BCUT2D eigenvalue weighted by Crippen LogP contribution is -2.41. The SMILES string of the molecule is COc1c(OC2CCN(C(=O)O)CC2)ccnc1Nc1ccc(S(C)(=O)=O)cc1F. The number of aromatic nitrogens is 1. The molecule has 1 amide bonds. The van der Waals surface area contributed by atoms with E-state index in [1.807, 2.05) is 0 Å². The van der Waals surface area contributed by atoms with E-state index in [2.05, 4.69) is 10.3 Å². The maximum Gasteiger partial charge on any atom is 0.407 e. The Bertz CT molecular complexity index is 1040. The van der Waals surface area contributed by atoms with Crippen LogP contribution in [0.2, 0.25) is 0 Å². The van der Waals surface area contributed by atoms with Gasteiger partial charge in [-0.05, 0) is 18.2 Å². The molecule has 0 bridgehead atoms. The van der Waals surface area contributed by atoms with Gasteiger partial charge in [0.15, 0.2) is 21.4 Å². The van der Waals surface area contributed by atoms with Crippen molar-refractivity contribution in [2.45, 2.75) is 23.8 Å². The number of hydrogen-bond donors (Lipinski definition) is 2. The number of halogens is 1. The van der Waals surface area contributed by atoms with Crippen LogP contribution in [0.25, 0.3) is 0 Å². The number of pyridine rings is 1. The number of carbonyl (C=O) groups is 1. The molecule has 0 saturated carbocycles. The van der Waals surface area contributed by atoms with Gasteiger partial charge in [0.1, 0.15) is 11.9 Å². The van der Waals surface area contributed by atoms with E-state index in [9.17, 15) is 17.6 Å². The zero-order valence-corrected chi connectivity index (χ0v) is 17.3. The molecular weight excluding hydrogens is 417 g/mol. The molecule has 3 rings (SSSR count). The number of nitrogens with one attached hydrogen (secondary N) is 1. The van der Waals surface area contributed by atoms with Crippen molar-refractivity contribution >= 4 is 27.4 Å². The van der Waals surface area contributed by atoms with Crippen LogP contribution in [-0.2, 0) is 9.84 Å².